The lowest BCUT2D eigenvalue weighted by Gasteiger charge is -2.35. The molecule has 0 spiro atoms. The lowest BCUT2D eigenvalue weighted by molar-refractivity contribution is 0.762. The zero-order valence-electron chi connectivity index (χ0n) is 27.8. The Labute approximate surface area is 306 Å². The van der Waals surface area contributed by atoms with Gasteiger partial charge in [0.25, 0.3) is 0 Å². The molecule has 0 saturated carbocycles. The van der Waals surface area contributed by atoms with Crippen molar-refractivity contribution in [3.63, 3.8) is 0 Å². The van der Waals surface area contributed by atoms with Crippen LogP contribution in [0.2, 0.25) is 0 Å². The highest BCUT2D eigenvalue weighted by Gasteiger charge is 2.47. The summed E-state index contributed by atoms with van der Waals surface area (Å²) in [6, 6.07) is 71.3. The van der Waals surface area contributed by atoms with Gasteiger partial charge in [0.15, 0.2) is 0 Å². The smallest absolute Gasteiger partial charge is 0.0734 e. The maximum Gasteiger partial charge on any atom is 0.0734 e. The Hall–Kier alpha value is -5.96. The number of fused-ring (bicyclic) bond motifs is 6. The third kappa shape index (κ3) is 4.53. The van der Waals surface area contributed by atoms with E-state index in [1.54, 1.807) is 0 Å². The molecule has 1 heterocycles. The number of aromatic nitrogens is 1. The first-order valence-electron chi connectivity index (χ1n) is 17.5. The molecule has 51 heavy (non-hydrogen) atoms. The summed E-state index contributed by atoms with van der Waals surface area (Å²) in [5, 5.41) is 2.49. The summed E-state index contributed by atoms with van der Waals surface area (Å²) in [6.07, 6.45) is 0. The van der Waals surface area contributed by atoms with Crippen LogP contribution in [0.25, 0.3) is 60.9 Å². The van der Waals surface area contributed by atoms with Crippen molar-refractivity contribution < 1.29 is 0 Å². The molecule has 1 aliphatic rings. The van der Waals surface area contributed by atoms with Gasteiger partial charge in [-0.05, 0) is 92.5 Å². The molecule has 0 unspecified atom stereocenters. The van der Waals surface area contributed by atoms with Crippen LogP contribution >= 0.6 is 15.9 Å². The average molecular weight is 715 g/mol. The Morgan fingerprint density at radius 1 is 0.392 bits per heavy atom. The lowest BCUT2D eigenvalue weighted by Crippen LogP contribution is -2.29. The second-order valence-electron chi connectivity index (χ2n) is 13.4. The number of rotatable bonds is 5. The molecule has 1 aliphatic carbocycles. The minimum atomic E-state index is -0.504. The van der Waals surface area contributed by atoms with Crippen molar-refractivity contribution in [3.8, 4) is 39.1 Å². The van der Waals surface area contributed by atoms with E-state index in [-0.39, 0.29) is 0 Å². The molecule has 0 aliphatic heterocycles. The average Bonchev–Trinajstić information content (AvgIpc) is 3.70. The highest BCUT2D eigenvalue weighted by Crippen LogP contribution is 2.58. The highest BCUT2D eigenvalue weighted by molar-refractivity contribution is 9.10. The Bertz CT molecular complexity index is 2700. The Balaban J connectivity index is 1.25. The number of para-hydroxylation sites is 1. The molecule has 0 amide bonds. The summed E-state index contributed by atoms with van der Waals surface area (Å²) in [6.45, 7) is 0. The van der Waals surface area contributed by atoms with Crippen molar-refractivity contribution >= 4 is 37.7 Å². The van der Waals surface area contributed by atoms with Crippen LogP contribution in [-0.2, 0) is 5.41 Å². The van der Waals surface area contributed by atoms with Crippen molar-refractivity contribution in [1.82, 2.24) is 4.57 Å². The number of hydrogen-bond donors (Lipinski definition) is 0. The van der Waals surface area contributed by atoms with Gasteiger partial charge in [0, 0.05) is 20.8 Å². The minimum absolute atomic E-state index is 0.504. The molecule has 9 aromatic rings. The summed E-state index contributed by atoms with van der Waals surface area (Å²) in [7, 11) is 0. The number of halogens is 1. The highest BCUT2D eigenvalue weighted by atomic mass is 79.9. The van der Waals surface area contributed by atoms with Gasteiger partial charge in [-0.15, -0.1) is 0 Å². The van der Waals surface area contributed by atoms with E-state index in [1.165, 1.54) is 83.1 Å². The lowest BCUT2D eigenvalue weighted by atomic mass is 9.67. The van der Waals surface area contributed by atoms with Gasteiger partial charge in [-0.2, -0.15) is 0 Å². The standard InChI is InChI=1S/C49H32BrN/c50-39-28-25-33(26-29-39)34-13-11-14-35(31-34)36-27-30-46-43(32-36)41-20-8-10-23-45(41)51(46)47-24-12-21-42-40-19-7-9-22-44(40)49(48(42)47,37-15-3-1-4-16-37)38-17-5-2-6-18-38/h1-32H. The molecule has 0 atom stereocenters. The molecule has 2 heteroatoms. The second kappa shape index (κ2) is 11.8. The third-order valence-corrected chi connectivity index (χ3v) is 11.3. The van der Waals surface area contributed by atoms with Crippen molar-refractivity contribution in [1.29, 1.82) is 0 Å². The number of nitrogens with zero attached hydrogens (tertiary/aromatic N) is 1. The largest absolute Gasteiger partial charge is 0.309 e. The van der Waals surface area contributed by atoms with E-state index in [0.717, 1.165) is 4.47 Å². The molecule has 0 radical (unpaired) electrons. The first-order valence-corrected chi connectivity index (χ1v) is 18.3. The van der Waals surface area contributed by atoms with Crippen LogP contribution in [0.3, 0.4) is 0 Å². The predicted molar refractivity (Wildman–Crippen MR) is 217 cm³/mol. The van der Waals surface area contributed by atoms with Crippen molar-refractivity contribution in [3.05, 3.63) is 221 Å². The summed E-state index contributed by atoms with van der Waals surface area (Å²) in [5.74, 6) is 0. The number of benzene rings is 8. The molecule has 8 aromatic carbocycles. The molecular formula is C49H32BrN. The van der Waals surface area contributed by atoms with Gasteiger partial charge in [-0.3, -0.25) is 0 Å². The van der Waals surface area contributed by atoms with Crippen LogP contribution in [0.4, 0.5) is 0 Å². The zero-order chi connectivity index (χ0) is 33.9. The van der Waals surface area contributed by atoms with E-state index in [4.69, 9.17) is 0 Å². The molecule has 0 bridgehead atoms. The Morgan fingerprint density at radius 3 is 1.73 bits per heavy atom. The van der Waals surface area contributed by atoms with Crippen LogP contribution in [0.1, 0.15) is 22.3 Å². The van der Waals surface area contributed by atoms with Gasteiger partial charge in [0.2, 0.25) is 0 Å². The van der Waals surface area contributed by atoms with Crippen LogP contribution < -0.4 is 0 Å². The monoisotopic (exact) mass is 713 g/mol. The molecule has 0 saturated heterocycles. The molecule has 1 nitrogen and oxygen atoms in total. The molecular weight excluding hydrogens is 682 g/mol. The SMILES string of the molecule is Brc1ccc(-c2cccc(-c3ccc4c(c3)c3ccccc3n4-c3cccc4c3C(c3ccccc3)(c3ccccc3)c3ccccc3-4)c2)cc1. The summed E-state index contributed by atoms with van der Waals surface area (Å²) >= 11 is 3.58. The maximum atomic E-state index is 3.58. The number of hydrogen-bond acceptors (Lipinski definition) is 0. The van der Waals surface area contributed by atoms with E-state index < -0.39 is 5.41 Å². The molecule has 10 rings (SSSR count). The van der Waals surface area contributed by atoms with Gasteiger partial charge in [-0.25, -0.2) is 0 Å². The van der Waals surface area contributed by atoms with E-state index in [2.05, 4.69) is 215 Å². The zero-order valence-corrected chi connectivity index (χ0v) is 29.4. The van der Waals surface area contributed by atoms with Crippen LogP contribution in [0.5, 0.6) is 0 Å². The van der Waals surface area contributed by atoms with Crippen molar-refractivity contribution in [2.45, 2.75) is 5.41 Å². The normalized spacial score (nSPS) is 13.0. The fourth-order valence-corrected chi connectivity index (χ4v) is 8.86. The Kier molecular flexibility index (Phi) is 6.94. The van der Waals surface area contributed by atoms with Crippen LogP contribution in [0, 0.1) is 0 Å². The summed E-state index contributed by atoms with van der Waals surface area (Å²) in [4.78, 5) is 0. The van der Waals surface area contributed by atoms with Gasteiger partial charge >= 0.3 is 0 Å². The summed E-state index contributed by atoms with van der Waals surface area (Å²) in [5.41, 5.74) is 15.7. The van der Waals surface area contributed by atoms with Gasteiger partial charge in [0.05, 0.1) is 22.1 Å². The van der Waals surface area contributed by atoms with Crippen LogP contribution in [0.15, 0.2) is 199 Å². The van der Waals surface area contributed by atoms with E-state index in [1.807, 2.05) is 0 Å². The third-order valence-electron chi connectivity index (χ3n) is 10.7. The van der Waals surface area contributed by atoms with Crippen LogP contribution in [-0.4, -0.2) is 4.57 Å². The molecule has 1 aromatic heterocycles. The minimum Gasteiger partial charge on any atom is -0.309 e. The first-order chi connectivity index (χ1) is 25.2. The predicted octanol–water partition coefficient (Wildman–Crippen LogP) is 13.2. The maximum absolute atomic E-state index is 3.58. The second-order valence-corrected chi connectivity index (χ2v) is 14.3. The molecule has 240 valence electrons. The fourth-order valence-electron chi connectivity index (χ4n) is 8.60. The van der Waals surface area contributed by atoms with E-state index >= 15 is 0 Å². The van der Waals surface area contributed by atoms with Crippen molar-refractivity contribution in [2.75, 3.05) is 0 Å². The molecule has 0 N–H and O–H groups in total. The van der Waals surface area contributed by atoms with Gasteiger partial charge in [0.1, 0.15) is 0 Å². The summed E-state index contributed by atoms with van der Waals surface area (Å²) < 4.78 is 3.60. The molecule has 0 fully saturated rings. The Morgan fingerprint density at radius 2 is 0.961 bits per heavy atom. The fraction of sp³-hybridized carbons (Fsp3) is 0.0204. The quantitative estimate of drug-likeness (QED) is 0.167. The van der Waals surface area contributed by atoms with E-state index in [0.29, 0.717) is 0 Å². The van der Waals surface area contributed by atoms with E-state index in [9.17, 15) is 0 Å². The van der Waals surface area contributed by atoms with Gasteiger partial charge < -0.3 is 4.57 Å². The van der Waals surface area contributed by atoms with Crippen molar-refractivity contribution in [2.24, 2.45) is 0 Å². The topological polar surface area (TPSA) is 4.93 Å². The first kappa shape index (κ1) is 29.9. The van der Waals surface area contributed by atoms with Gasteiger partial charge in [-0.1, -0.05) is 168 Å².